The third-order valence-corrected chi connectivity index (χ3v) is 2.95. The number of hydrogen-bond donors (Lipinski definition) is 1. The fourth-order valence-corrected chi connectivity index (χ4v) is 2.02. The number of benzene rings is 1. The Labute approximate surface area is 122 Å². The van der Waals surface area contributed by atoms with Gasteiger partial charge < -0.3 is 4.74 Å². The summed E-state index contributed by atoms with van der Waals surface area (Å²) in [7, 11) is 0.543. The van der Waals surface area contributed by atoms with E-state index in [0.29, 0.717) is 0 Å². The largest absolute Gasteiger partial charge is 0.427 e. The van der Waals surface area contributed by atoms with Crippen molar-refractivity contribution in [3.05, 3.63) is 40.6 Å². The first-order chi connectivity index (χ1) is 9.78. The maximum Gasteiger partial charge on any atom is 0.427 e. The van der Waals surface area contributed by atoms with Gasteiger partial charge in [0, 0.05) is 22.9 Å². The van der Waals surface area contributed by atoms with Gasteiger partial charge in [0.05, 0.1) is 10.3 Å². The highest BCUT2D eigenvalue weighted by Crippen LogP contribution is 2.31. The van der Waals surface area contributed by atoms with E-state index in [2.05, 4.69) is 4.98 Å². The molecule has 0 spiro atoms. The van der Waals surface area contributed by atoms with Crippen molar-refractivity contribution in [2.75, 3.05) is 0 Å². The molecule has 0 fully saturated rings. The van der Waals surface area contributed by atoms with Crippen molar-refractivity contribution < 1.29 is 22.9 Å². The summed E-state index contributed by atoms with van der Waals surface area (Å²) in [6.07, 6.45) is -0.00779. The molecule has 1 aromatic heterocycles. The molecule has 1 aromatic carbocycles. The highest BCUT2D eigenvalue weighted by Gasteiger charge is 2.19. The van der Waals surface area contributed by atoms with Gasteiger partial charge in [-0.3, -0.25) is 10.1 Å². The van der Waals surface area contributed by atoms with E-state index in [4.69, 9.17) is 15.4 Å². The lowest BCUT2D eigenvalue weighted by atomic mass is 10.2. The SMILES string of the molecule is O=C(NS(=O)(=O)Cl)Oc1ccc([N+](=O)[O-])c2ncccc12. The van der Waals surface area contributed by atoms with Crippen LogP contribution < -0.4 is 9.46 Å². The van der Waals surface area contributed by atoms with Crippen LogP contribution in [0.1, 0.15) is 0 Å². The quantitative estimate of drug-likeness (QED) is 0.515. The molecule has 0 aliphatic rings. The number of nitrogens with one attached hydrogen (secondary N) is 1. The number of hydrogen-bond acceptors (Lipinski definition) is 7. The Hall–Kier alpha value is -2.46. The summed E-state index contributed by atoms with van der Waals surface area (Å²) in [6.45, 7) is 0. The fourth-order valence-electron chi connectivity index (χ4n) is 1.59. The standard InChI is InChI=1S/C10H6ClN3O6S/c11-21(18,19)13-10(15)20-8-4-3-7(14(16)17)9-6(8)2-1-5-12-9/h1-5H,(H,13,15). The summed E-state index contributed by atoms with van der Waals surface area (Å²) in [5, 5.41) is 11.1. The molecule has 1 amide bonds. The summed E-state index contributed by atoms with van der Waals surface area (Å²) in [5.74, 6) is -0.0958. The second-order valence-electron chi connectivity index (χ2n) is 3.67. The Bertz CT molecular complexity index is 838. The van der Waals surface area contributed by atoms with Gasteiger partial charge >= 0.3 is 15.3 Å². The van der Waals surface area contributed by atoms with Gasteiger partial charge in [-0.25, -0.2) is 14.5 Å². The number of nitrogens with zero attached hydrogens (tertiary/aromatic N) is 2. The average molecular weight is 332 g/mol. The first-order valence-corrected chi connectivity index (χ1v) is 7.55. The van der Waals surface area contributed by atoms with Crippen LogP contribution in [0.15, 0.2) is 30.5 Å². The van der Waals surface area contributed by atoms with E-state index in [9.17, 15) is 23.3 Å². The Balaban J connectivity index is 2.45. The molecule has 0 aliphatic heterocycles. The molecule has 2 rings (SSSR count). The van der Waals surface area contributed by atoms with Crippen molar-refractivity contribution in [1.82, 2.24) is 9.71 Å². The van der Waals surface area contributed by atoms with Gasteiger partial charge in [0.25, 0.3) is 5.69 Å². The van der Waals surface area contributed by atoms with E-state index in [0.717, 1.165) is 12.1 Å². The number of amides is 1. The molecule has 1 N–H and O–H groups in total. The summed E-state index contributed by atoms with van der Waals surface area (Å²) >= 11 is 0. The monoisotopic (exact) mass is 331 g/mol. The van der Waals surface area contributed by atoms with E-state index in [1.54, 1.807) is 0 Å². The lowest BCUT2D eigenvalue weighted by Gasteiger charge is -2.07. The molecule has 0 radical (unpaired) electrons. The summed E-state index contributed by atoms with van der Waals surface area (Å²) in [4.78, 5) is 25.4. The second-order valence-corrected chi connectivity index (χ2v) is 5.97. The van der Waals surface area contributed by atoms with Crippen LogP contribution in [0, 0.1) is 10.1 Å². The molecule has 11 heteroatoms. The Morgan fingerprint density at radius 3 is 2.71 bits per heavy atom. The number of fused-ring (bicyclic) bond motifs is 1. The highest BCUT2D eigenvalue weighted by atomic mass is 35.7. The first kappa shape index (κ1) is 14.9. The van der Waals surface area contributed by atoms with Crippen molar-refractivity contribution in [3.63, 3.8) is 0 Å². The Morgan fingerprint density at radius 1 is 1.38 bits per heavy atom. The normalized spacial score (nSPS) is 11.1. The van der Waals surface area contributed by atoms with Gasteiger partial charge in [0.15, 0.2) is 5.52 Å². The van der Waals surface area contributed by atoms with E-state index in [-0.39, 0.29) is 22.3 Å². The number of non-ortho nitro benzene ring substituents is 1. The molecule has 0 saturated carbocycles. The summed E-state index contributed by atoms with van der Waals surface area (Å²) < 4.78 is 27.5. The first-order valence-electron chi connectivity index (χ1n) is 5.24. The van der Waals surface area contributed by atoms with Crippen molar-refractivity contribution in [3.8, 4) is 5.75 Å². The lowest BCUT2D eigenvalue weighted by molar-refractivity contribution is -0.383. The molecule has 0 atom stereocenters. The number of nitro groups is 1. The number of aromatic nitrogens is 1. The number of carbonyl (C=O) groups excluding carboxylic acids is 1. The molecular weight excluding hydrogens is 326 g/mol. The number of nitro benzene ring substituents is 1. The molecule has 0 bridgehead atoms. The smallest absolute Gasteiger partial charge is 0.409 e. The zero-order valence-corrected chi connectivity index (χ0v) is 11.6. The minimum Gasteiger partial charge on any atom is -0.409 e. The highest BCUT2D eigenvalue weighted by molar-refractivity contribution is 8.12. The molecule has 110 valence electrons. The lowest BCUT2D eigenvalue weighted by Crippen LogP contribution is -2.29. The zero-order chi connectivity index (χ0) is 15.6. The van der Waals surface area contributed by atoms with Crippen molar-refractivity contribution in [2.24, 2.45) is 0 Å². The van der Waals surface area contributed by atoms with E-state index < -0.39 is 20.3 Å². The summed E-state index contributed by atoms with van der Waals surface area (Å²) in [5.41, 5.74) is -0.273. The second kappa shape index (κ2) is 5.50. The van der Waals surface area contributed by atoms with E-state index in [1.807, 2.05) is 0 Å². The molecule has 9 nitrogen and oxygen atoms in total. The van der Waals surface area contributed by atoms with Gasteiger partial charge in [0.1, 0.15) is 5.75 Å². The van der Waals surface area contributed by atoms with Crippen LogP contribution >= 0.6 is 10.7 Å². The number of halogens is 1. The zero-order valence-electron chi connectivity index (χ0n) is 10.0. The van der Waals surface area contributed by atoms with Gasteiger partial charge in [-0.05, 0) is 18.2 Å². The third kappa shape index (κ3) is 3.55. The molecule has 0 aliphatic carbocycles. The minimum atomic E-state index is -4.29. The fraction of sp³-hybridized carbons (Fsp3) is 0. The third-order valence-electron chi connectivity index (χ3n) is 2.31. The number of rotatable bonds is 3. The predicted molar refractivity (Wildman–Crippen MR) is 72.3 cm³/mol. The van der Waals surface area contributed by atoms with Crippen LogP contribution in [-0.2, 0) is 9.24 Å². The molecule has 2 aromatic rings. The molecular formula is C10H6ClN3O6S. The van der Waals surface area contributed by atoms with Crippen molar-refractivity contribution in [1.29, 1.82) is 0 Å². The van der Waals surface area contributed by atoms with Crippen LogP contribution in [0.3, 0.4) is 0 Å². The minimum absolute atomic E-state index is 0.00142. The van der Waals surface area contributed by atoms with Gasteiger partial charge in [-0.2, -0.15) is 8.42 Å². The molecule has 21 heavy (non-hydrogen) atoms. The molecule has 0 saturated heterocycles. The van der Waals surface area contributed by atoms with E-state index >= 15 is 0 Å². The van der Waals surface area contributed by atoms with Gasteiger partial charge in [-0.15, -0.1) is 0 Å². The number of ether oxygens (including phenoxy) is 1. The Morgan fingerprint density at radius 2 is 2.10 bits per heavy atom. The number of pyridine rings is 1. The Kier molecular flexibility index (Phi) is 3.91. The summed E-state index contributed by atoms with van der Waals surface area (Å²) in [6, 6.07) is 5.16. The van der Waals surface area contributed by atoms with Crippen LogP contribution in [-0.4, -0.2) is 24.4 Å². The maximum atomic E-state index is 11.3. The van der Waals surface area contributed by atoms with E-state index in [1.165, 1.54) is 23.1 Å². The average Bonchev–Trinajstić information content (AvgIpc) is 2.36. The maximum absolute atomic E-state index is 11.3. The predicted octanol–water partition coefficient (Wildman–Crippen LogP) is 1.72. The molecule has 0 unspecified atom stereocenters. The van der Waals surface area contributed by atoms with Gasteiger partial charge in [0.2, 0.25) is 0 Å². The van der Waals surface area contributed by atoms with Crippen LogP contribution in [0.5, 0.6) is 5.75 Å². The number of carbonyl (C=O) groups is 1. The topological polar surface area (TPSA) is 128 Å². The van der Waals surface area contributed by atoms with Gasteiger partial charge in [-0.1, -0.05) is 0 Å². The van der Waals surface area contributed by atoms with Crippen LogP contribution in [0.25, 0.3) is 10.9 Å². The van der Waals surface area contributed by atoms with Crippen molar-refractivity contribution in [2.45, 2.75) is 0 Å². The van der Waals surface area contributed by atoms with Crippen LogP contribution in [0.4, 0.5) is 10.5 Å². The van der Waals surface area contributed by atoms with Crippen molar-refractivity contribution >= 4 is 42.6 Å². The van der Waals surface area contributed by atoms with Crippen LogP contribution in [0.2, 0.25) is 0 Å². The molecule has 1 heterocycles.